The molecular weight excluding hydrogens is 286 g/mol. The number of unbranched alkanes of at least 4 members (excludes halogenated alkanes) is 1. The molecule has 1 saturated heterocycles. The molecule has 3 heteroatoms. The Balaban J connectivity index is 1.69. The lowest BCUT2D eigenvalue weighted by Crippen LogP contribution is -3.15. The van der Waals surface area contributed by atoms with E-state index in [4.69, 9.17) is 9.47 Å². The van der Waals surface area contributed by atoms with Crippen LogP contribution in [0.2, 0.25) is 0 Å². The molecule has 0 aromatic heterocycles. The van der Waals surface area contributed by atoms with E-state index < -0.39 is 0 Å². The van der Waals surface area contributed by atoms with Gasteiger partial charge in [-0.15, -0.1) is 0 Å². The Hall–Kier alpha value is -1.06. The zero-order chi connectivity index (χ0) is 16.8. The molecule has 3 nitrogen and oxygen atoms in total. The van der Waals surface area contributed by atoms with E-state index in [1.165, 1.54) is 24.1 Å². The fourth-order valence-corrected chi connectivity index (χ4v) is 3.45. The number of hydrogen-bond donors (Lipinski definition) is 1. The lowest BCUT2D eigenvalue weighted by Gasteiger charge is -2.32. The highest BCUT2D eigenvalue weighted by atomic mass is 16.5. The molecule has 0 radical (unpaired) electrons. The molecule has 0 saturated carbocycles. The SMILES string of the molecule is Cc1cc(OCCCC[NH+]2C[C@@H](C)O[C@H](C)C2)cc(C(C)C)c1. The van der Waals surface area contributed by atoms with E-state index in [1.54, 1.807) is 4.90 Å². The van der Waals surface area contributed by atoms with Gasteiger partial charge in [0.2, 0.25) is 0 Å². The lowest BCUT2D eigenvalue weighted by atomic mass is 10.0. The van der Waals surface area contributed by atoms with Gasteiger partial charge in [0.15, 0.2) is 0 Å². The molecule has 0 unspecified atom stereocenters. The van der Waals surface area contributed by atoms with E-state index in [0.717, 1.165) is 31.9 Å². The van der Waals surface area contributed by atoms with Crippen LogP contribution in [0.5, 0.6) is 5.75 Å². The third kappa shape index (κ3) is 6.15. The van der Waals surface area contributed by atoms with Gasteiger partial charge >= 0.3 is 0 Å². The van der Waals surface area contributed by atoms with Crippen molar-refractivity contribution in [2.24, 2.45) is 0 Å². The highest BCUT2D eigenvalue weighted by Crippen LogP contribution is 2.22. The summed E-state index contributed by atoms with van der Waals surface area (Å²) in [6, 6.07) is 6.58. The number of rotatable bonds is 7. The van der Waals surface area contributed by atoms with Crippen LogP contribution in [-0.2, 0) is 4.74 Å². The number of morpholine rings is 1. The highest BCUT2D eigenvalue weighted by Gasteiger charge is 2.24. The van der Waals surface area contributed by atoms with Crippen LogP contribution >= 0.6 is 0 Å². The summed E-state index contributed by atoms with van der Waals surface area (Å²) in [6.07, 6.45) is 3.13. The maximum atomic E-state index is 5.98. The largest absolute Gasteiger partial charge is 0.494 e. The van der Waals surface area contributed by atoms with Gasteiger partial charge in [0, 0.05) is 0 Å². The number of benzene rings is 1. The van der Waals surface area contributed by atoms with E-state index in [9.17, 15) is 0 Å². The summed E-state index contributed by atoms with van der Waals surface area (Å²) in [5.41, 5.74) is 2.65. The average Bonchev–Trinajstić information content (AvgIpc) is 2.45. The molecule has 1 heterocycles. The van der Waals surface area contributed by atoms with Crippen molar-refractivity contribution < 1.29 is 14.4 Å². The van der Waals surface area contributed by atoms with Crippen molar-refractivity contribution in [2.45, 2.75) is 65.6 Å². The quantitative estimate of drug-likeness (QED) is 0.781. The van der Waals surface area contributed by atoms with Gasteiger partial charge in [-0.3, -0.25) is 0 Å². The monoisotopic (exact) mass is 320 g/mol. The first kappa shape index (κ1) is 18.3. The van der Waals surface area contributed by atoms with Crippen molar-refractivity contribution in [3.8, 4) is 5.75 Å². The fraction of sp³-hybridized carbons (Fsp3) is 0.700. The van der Waals surface area contributed by atoms with Gasteiger partial charge in [0.05, 0.1) is 13.2 Å². The second kappa shape index (κ2) is 8.70. The molecule has 1 N–H and O–H groups in total. The molecule has 1 aromatic carbocycles. The molecule has 0 bridgehead atoms. The summed E-state index contributed by atoms with van der Waals surface area (Å²) < 4.78 is 11.8. The fourth-order valence-electron chi connectivity index (χ4n) is 3.45. The van der Waals surface area contributed by atoms with Gasteiger partial charge in [0.1, 0.15) is 31.0 Å². The Labute approximate surface area is 142 Å². The normalized spacial score (nSPS) is 24.9. The molecule has 1 aliphatic heterocycles. The molecule has 1 aromatic rings. The van der Waals surface area contributed by atoms with Crippen molar-refractivity contribution in [1.29, 1.82) is 0 Å². The Kier molecular flexibility index (Phi) is 6.91. The minimum Gasteiger partial charge on any atom is -0.494 e. The number of quaternary nitrogens is 1. The smallest absolute Gasteiger partial charge is 0.119 e. The van der Waals surface area contributed by atoms with Gasteiger partial charge in [-0.25, -0.2) is 0 Å². The Morgan fingerprint density at radius 3 is 2.48 bits per heavy atom. The topological polar surface area (TPSA) is 22.9 Å². The van der Waals surface area contributed by atoms with Crippen molar-refractivity contribution in [2.75, 3.05) is 26.2 Å². The molecule has 1 aliphatic rings. The summed E-state index contributed by atoms with van der Waals surface area (Å²) in [7, 11) is 0. The van der Waals surface area contributed by atoms with Gasteiger partial charge in [-0.1, -0.05) is 19.9 Å². The van der Waals surface area contributed by atoms with Gasteiger partial charge in [0.25, 0.3) is 0 Å². The zero-order valence-corrected chi connectivity index (χ0v) is 15.5. The van der Waals surface area contributed by atoms with Crippen LogP contribution in [0.25, 0.3) is 0 Å². The Morgan fingerprint density at radius 1 is 1.13 bits per heavy atom. The van der Waals surface area contributed by atoms with Crippen LogP contribution in [-0.4, -0.2) is 38.4 Å². The van der Waals surface area contributed by atoms with Crippen LogP contribution in [0, 0.1) is 6.92 Å². The molecule has 0 aliphatic carbocycles. The van der Waals surface area contributed by atoms with Crippen molar-refractivity contribution >= 4 is 0 Å². The molecule has 1 fully saturated rings. The van der Waals surface area contributed by atoms with Crippen LogP contribution in [0.3, 0.4) is 0 Å². The minimum atomic E-state index is 0.395. The molecule has 130 valence electrons. The second-order valence-electron chi connectivity index (χ2n) is 7.46. The maximum absolute atomic E-state index is 5.98. The number of aryl methyl sites for hydroxylation is 1. The first-order valence-electron chi connectivity index (χ1n) is 9.17. The van der Waals surface area contributed by atoms with Crippen molar-refractivity contribution in [3.05, 3.63) is 29.3 Å². The van der Waals surface area contributed by atoms with E-state index in [1.807, 2.05) is 0 Å². The lowest BCUT2D eigenvalue weighted by molar-refractivity contribution is -0.915. The third-order valence-electron chi connectivity index (χ3n) is 4.55. The first-order chi connectivity index (χ1) is 10.9. The van der Waals surface area contributed by atoms with Crippen LogP contribution in [0.15, 0.2) is 18.2 Å². The Bertz CT molecular complexity index is 477. The van der Waals surface area contributed by atoms with Gasteiger partial charge in [-0.05, 0) is 62.8 Å². The molecule has 2 atom stereocenters. The first-order valence-corrected chi connectivity index (χ1v) is 9.17. The van der Waals surface area contributed by atoms with Crippen molar-refractivity contribution in [1.82, 2.24) is 0 Å². The van der Waals surface area contributed by atoms with E-state index in [2.05, 4.69) is 52.8 Å². The predicted octanol–water partition coefficient (Wildman–Crippen LogP) is 2.97. The minimum absolute atomic E-state index is 0.395. The third-order valence-corrected chi connectivity index (χ3v) is 4.55. The zero-order valence-electron chi connectivity index (χ0n) is 15.5. The maximum Gasteiger partial charge on any atom is 0.119 e. The highest BCUT2D eigenvalue weighted by molar-refractivity contribution is 5.35. The average molecular weight is 320 g/mol. The second-order valence-corrected chi connectivity index (χ2v) is 7.46. The summed E-state index contributed by atoms with van der Waals surface area (Å²) in [5.74, 6) is 1.57. The van der Waals surface area contributed by atoms with E-state index >= 15 is 0 Å². The summed E-state index contributed by atoms with van der Waals surface area (Å²) >= 11 is 0. The van der Waals surface area contributed by atoms with Crippen LogP contribution in [0.4, 0.5) is 0 Å². The number of ether oxygens (including phenoxy) is 2. The molecule has 2 rings (SSSR count). The van der Waals surface area contributed by atoms with Crippen LogP contribution < -0.4 is 9.64 Å². The molecule has 23 heavy (non-hydrogen) atoms. The van der Waals surface area contributed by atoms with Crippen molar-refractivity contribution in [3.63, 3.8) is 0 Å². The summed E-state index contributed by atoms with van der Waals surface area (Å²) in [4.78, 5) is 1.67. The molecule has 0 spiro atoms. The number of nitrogens with one attached hydrogen (secondary N) is 1. The van der Waals surface area contributed by atoms with E-state index in [-0.39, 0.29) is 0 Å². The predicted molar refractivity (Wildman–Crippen MR) is 95.6 cm³/mol. The molecule has 0 amide bonds. The molecular formula is C20H34NO2+. The summed E-state index contributed by atoms with van der Waals surface area (Å²) in [5, 5.41) is 0. The van der Waals surface area contributed by atoms with Crippen LogP contribution in [0.1, 0.15) is 57.6 Å². The standard InChI is InChI=1S/C20H33NO2/c1-15(2)19-10-16(3)11-20(12-19)22-9-7-6-8-21-13-17(4)23-18(5)14-21/h10-12,15,17-18H,6-9,13-14H2,1-5H3/p+1/t17-,18-/m1/s1. The Morgan fingerprint density at radius 2 is 1.83 bits per heavy atom. The number of hydrogen-bond acceptors (Lipinski definition) is 2. The van der Waals surface area contributed by atoms with Gasteiger partial charge in [-0.2, -0.15) is 0 Å². The summed E-state index contributed by atoms with van der Waals surface area (Å²) in [6.45, 7) is 15.3. The van der Waals surface area contributed by atoms with Gasteiger partial charge < -0.3 is 14.4 Å². The van der Waals surface area contributed by atoms with E-state index in [0.29, 0.717) is 18.1 Å².